The highest BCUT2D eigenvalue weighted by molar-refractivity contribution is 6.20. The zero-order chi connectivity index (χ0) is 25.8. The van der Waals surface area contributed by atoms with Gasteiger partial charge in [0.25, 0.3) is 5.91 Å². The predicted molar refractivity (Wildman–Crippen MR) is 139 cm³/mol. The predicted octanol–water partition coefficient (Wildman–Crippen LogP) is 5.30. The standard InChI is InChI=1S/C22H22FN7O.2C2H6/c1-22(2)13-29-19-17(20(31)28(3)21(29)26-22)18(25-16-8-6-15(23)7-9-16)30(27-19)12-14-5-4-10-24-11-14;2*1-2/h4-11,25H,12-13H2,1-3H3;2*1-2H3. The van der Waals surface area contributed by atoms with Crippen molar-refractivity contribution in [3.05, 3.63) is 65.7 Å². The van der Waals surface area contributed by atoms with Crippen LogP contribution in [0.3, 0.4) is 0 Å². The molecule has 35 heavy (non-hydrogen) atoms. The molecule has 0 saturated heterocycles. The summed E-state index contributed by atoms with van der Waals surface area (Å²) in [6, 6.07) is 9.82. The largest absolute Gasteiger partial charge is 0.340 e. The summed E-state index contributed by atoms with van der Waals surface area (Å²) in [6.07, 6.45) is 3.48. The van der Waals surface area contributed by atoms with Gasteiger partial charge in [0, 0.05) is 25.1 Å². The molecule has 0 aliphatic carbocycles. The molecule has 5 rings (SSSR count). The Bertz CT molecular complexity index is 1190. The quantitative estimate of drug-likeness (QED) is 0.549. The number of halogens is 1. The van der Waals surface area contributed by atoms with Gasteiger partial charge in [-0.2, -0.15) is 5.10 Å². The third kappa shape index (κ3) is 5.18. The zero-order valence-electron chi connectivity index (χ0n) is 21.5. The second kappa shape index (κ2) is 10.7. The Hall–Kier alpha value is -3.75. The van der Waals surface area contributed by atoms with Crippen LogP contribution in [-0.4, -0.2) is 50.7 Å². The van der Waals surface area contributed by atoms with Crippen LogP contribution in [0.1, 0.15) is 57.5 Å². The fourth-order valence-electron chi connectivity index (χ4n) is 3.92. The molecule has 0 saturated carbocycles. The second-order valence-electron chi connectivity index (χ2n) is 8.37. The van der Waals surface area contributed by atoms with Crippen molar-refractivity contribution in [2.45, 2.75) is 53.6 Å². The lowest BCUT2D eigenvalue weighted by Crippen LogP contribution is -2.48. The van der Waals surface area contributed by atoms with Crippen LogP contribution in [0.15, 0.2) is 53.8 Å². The maximum atomic E-state index is 13.4. The summed E-state index contributed by atoms with van der Waals surface area (Å²) < 4.78 is 15.2. The number of pyridine rings is 1. The normalized spacial score (nSPS) is 15.2. The highest BCUT2D eigenvalue weighted by atomic mass is 19.1. The van der Waals surface area contributed by atoms with Crippen molar-refractivity contribution >= 4 is 29.2 Å². The van der Waals surface area contributed by atoms with Gasteiger partial charge in [0.15, 0.2) is 5.82 Å². The molecule has 4 heterocycles. The lowest BCUT2D eigenvalue weighted by Gasteiger charge is -2.30. The Kier molecular flexibility index (Phi) is 7.89. The number of benzene rings is 1. The minimum Gasteiger partial charge on any atom is -0.340 e. The molecule has 0 atom stereocenters. The minimum absolute atomic E-state index is 0.190. The number of aliphatic imine (C=N–C) groups is 1. The van der Waals surface area contributed by atoms with Gasteiger partial charge >= 0.3 is 0 Å². The minimum atomic E-state index is -0.330. The summed E-state index contributed by atoms with van der Waals surface area (Å²) in [5, 5.41) is 8.08. The lowest BCUT2D eigenvalue weighted by atomic mass is 10.1. The molecular weight excluding hydrogens is 445 g/mol. The molecule has 0 unspecified atom stereocenters. The van der Waals surface area contributed by atoms with E-state index in [1.54, 1.807) is 41.2 Å². The summed E-state index contributed by atoms with van der Waals surface area (Å²) >= 11 is 0. The van der Waals surface area contributed by atoms with Crippen molar-refractivity contribution in [1.82, 2.24) is 19.7 Å². The van der Waals surface area contributed by atoms with Crippen LogP contribution in [0.2, 0.25) is 0 Å². The molecular formula is C26H34FN7O. The molecule has 186 valence electrons. The lowest BCUT2D eigenvalue weighted by molar-refractivity contribution is 0.0866. The van der Waals surface area contributed by atoms with Crippen LogP contribution in [0.4, 0.5) is 21.7 Å². The first-order valence-corrected chi connectivity index (χ1v) is 12.0. The number of anilines is 3. The number of nitrogens with zero attached hydrogens (tertiary/aromatic N) is 6. The van der Waals surface area contributed by atoms with Crippen LogP contribution in [0.25, 0.3) is 0 Å². The number of hydrogen-bond donors (Lipinski definition) is 1. The summed E-state index contributed by atoms with van der Waals surface area (Å²) in [4.78, 5) is 25.8. The van der Waals surface area contributed by atoms with Crippen molar-refractivity contribution in [2.75, 3.05) is 23.8 Å². The molecule has 0 radical (unpaired) electrons. The third-order valence-electron chi connectivity index (χ3n) is 5.36. The Morgan fingerprint density at radius 2 is 1.77 bits per heavy atom. The number of aromatic nitrogens is 3. The Morgan fingerprint density at radius 1 is 1.09 bits per heavy atom. The molecule has 2 aliphatic rings. The van der Waals surface area contributed by atoms with E-state index in [1.165, 1.54) is 12.1 Å². The van der Waals surface area contributed by atoms with Crippen molar-refractivity contribution in [1.29, 1.82) is 0 Å². The number of carbonyl (C=O) groups excluding carboxylic acids is 1. The van der Waals surface area contributed by atoms with E-state index in [9.17, 15) is 9.18 Å². The summed E-state index contributed by atoms with van der Waals surface area (Å²) in [6.45, 7) is 13.1. The van der Waals surface area contributed by atoms with Gasteiger partial charge in [-0.25, -0.2) is 14.1 Å². The molecule has 0 bridgehead atoms. The van der Waals surface area contributed by atoms with Gasteiger partial charge in [0.2, 0.25) is 5.96 Å². The van der Waals surface area contributed by atoms with Gasteiger partial charge in [-0.05, 0) is 49.7 Å². The molecule has 0 spiro atoms. The highest BCUT2D eigenvalue weighted by Gasteiger charge is 2.45. The molecule has 1 N–H and O–H groups in total. The monoisotopic (exact) mass is 479 g/mol. The highest BCUT2D eigenvalue weighted by Crippen LogP contribution is 2.38. The number of rotatable bonds is 4. The van der Waals surface area contributed by atoms with E-state index in [4.69, 9.17) is 10.1 Å². The molecule has 9 heteroatoms. The van der Waals surface area contributed by atoms with Gasteiger partial charge in [-0.1, -0.05) is 33.8 Å². The molecule has 8 nitrogen and oxygen atoms in total. The van der Waals surface area contributed by atoms with Gasteiger partial charge in [-0.15, -0.1) is 0 Å². The second-order valence-corrected chi connectivity index (χ2v) is 8.37. The average molecular weight is 480 g/mol. The molecule has 2 aliphatic heterocycles. The van der Waals surface area contributed by atoms with Gasteiger partial charge in [0.05, 0.1) is 18.6 Å². The third-order valence-corrected chi connectivity index (χ3v) is 5.36. The smallest absolute Gasteiger partial charge is 0.267 e. The van der Waals surface area contributed by atoms with Crippen molar-refractivity contribution in [3.63, 3.8) is 0 Å². The van der Waals surface area contributed by atoms with Crippen molar-refractivity contribution < 1.29 is 9.18 Å². The zero-order valence-corrected chi connectivity index (χ0v) is 21.5. The number of hydrogen-bond acceptors (Lipinski definition) is 6. The molecule has 0 fully saturated rings. The SMILES string of the molecule is CC.CC.CN1C(=O)c2c(nn(Cc3cccnc3)c2Nc2ccc(F)cc2)N2CC(C)(C)N=C12. The van der Waals surface area contributed by atoms with E-state index in [1.807, 2.05) is 58.6 Å². The number of fused-ring (bicyclic) bond motifs is 3. The summed E-state index contributed by atoms with van der Waals surface area (Å²) in [5.74, 6) is 1.20. The maximum Gasteiger partial charge on any atom is 0.267 e. The first-order valence-electron chi connectivity index (χ1n) is 12.0. The Labute approximate surface area is 206 Å². The average Bonchev–Trinajstić information content (AvgIpc) is 3.39. The van der Waals surface area contributed by atoms with Crippen LogP contribution in [0.5, 0.6) is 0 Å². The Balaban J connectivity index is 0.000000815. The number of amides is 1. The van der Waals surface area contributed by atoms with E-state index in [0.717, 1.165) is 5.56 Å². The molecule has 2 aromatic heterocycles. The van der Waals surface area contributed by atoms with E-state index in [0.29, 0.717) is 41.9 Å². The van der Waals surface area contributed by atoms with Crippen LogP contribution in [-0.2, 0) is 6.54 Å². The summed E-state index contributed by atoms with van der Waals surface area (Å²) in [5.41, 5.74) is 1.74. The van der Waals surface area contributed by atoms with E-state index in [2.05, 4.69) is 10.3 Å². The van der Waals surface area contributed by atoms with E-state index in [-0.39, 0.29) is 17.3 Å². The fraction of sp³-hybridized carbons (Fsp3) is 0.385. The molecule has 1 amide bonds. The molecule has 1 aromatic carbocycles. The topological polar surface area (TPSA) is 78.7 Å². The van der Waals surface area contributed by atoms with Gasteiger partial charge in [-0.3, -0.25) is 19.6 Å². The van der Waals surface area contributed by atoms with Gasteiger partial charge < -0.3 is 5.32 Å². The fourth-order valence-corrected chi connectivity index (χ4v) is 3.92. The van der Waals surface area contributed by atoms with E-state index >= 15 is 0 Å². The van der Waals surface area contributed by atoms with Crippen molar-refractivity contribution in [2.24, 2.45) is 4.99 Å². The first-order chi connectivity index (χ1) is 16.8. The van der Waals surface area contributed by atoms with Crippen LogP contribution in [0, 0.1) is 5.82 Å². The van der Waals surface area contributed by atoms with E-state index < -0.39 is 0 Å². The number of carbonyl (C=O) groups is 1. The number of nitrogens with one attached hydrogen (secondary N) is 1. The molecule has 3 aromatic rings. The van der Waals surface area contributed by atoms with Crippen molar-refractivity contribution in [3.8, 4) is 0 Å². The maximum absolute atomic E-state index is 13.4. The van der Waals surface area contributed by atoms with Crippen LogP contribution >= 0.6 is 0 Å². The first kappa shape index (κ1) is 25.9. The van der Waals surface area contributed by atoms with Crippen LogP contribution < -0.4 is 10.2 Å². The number of guanidine groups is 1. The Morgan fingerprint density at radius 3 is 2.40 bits per heavy atom. The summed E-state index contributed by atoms with van der Waals surface area (Å²) in [7, 11) is 1.72. The van der Waals surface area contributed by atoms with Gasteiger partial charge in [0.1, 0.15) is 17.2 Å².